The van der Waals surface area contributed by atoms with Crippen molar-refractivity contribution in [3.63, 3.8) is 0 Å². The Morgan fingerprint density at radius 2 is 1.80 bits per heavy atom. The number of amides is 1. The Balaban J connectivity index is 1.65. The summed E-state index contributed by atoms with van der Waals surface area (Å²) in [6.45, 7) is 9.12. The van der Waals surface area contributed by atoms with Crippen LogP contribution >= 0.6 is 11.6 Å². The van der Waals surface area contributed by atoms with Crippen molar-refractivity contribution in [3.8, 4) is 0 Å². The third-order valence-electron chi connectivity index (χ3n) is 5.82. The summed E-state index contributed by atoms with van der Waals surface area (Å²) in [6.07, 6.45) is 3.73. The van der Waals surface area contributed by atoms with Gasteiger partial charge in [-0.05, 0) is 82.9 Å². The fraction of sp³-hybridized carbons (Fsp3) is 0.652. The summed E-state index contributed by atoms with van der Waals surface area (Å²) in [5, 5.41) is 4.23. The van der Waals surface area contributed by atoms with Crippen LogP contribution < -0.4 is 5.32 Å². The molecule has 3 rings (SSSR count). The maximum atomic E-state index is 12.3. The zero-order valence-corrected chi connectivity index (χ0v) is 19.3. The molecule has 0 spiro atoms. The first-order valence-corrected chi connectivity index (χ1v) is 11.1. The van der Waals surface area contributed by atoms with E-state index in [1.807, 2.05) is 26.8 Å². The summed E-state index contributed by atoms with van der Waals surface area (Å²) in [5.74, 6) is 0.468. The number of halogens is 1. The molecule has 7 heteroatoms. The molecular weight excluding hydrogens is 404 g/mol. The number of methoxy groups -OCH3 is 1. The number of esters is 1. The van der Waals surface area contributed by atoms with Crippen LogP contribution in [-0.4, -0.2) is 48.8 Å². The van der Waals surface area contributed by atoms with Crippen LogP contribution in [0.25, 0.3) is 0 Å². The minimum atomic E-state index is -0.483. The highest BCUT2D eigenvalue weighted by atomic mass is 35.5. The first kappa shape index (κ1) is 22.7. The van der Waals surface area contributed by atoms with Crippen molar-refractivity contribution in [2.45, 2.75) is 70.9 Å². The van der Waals surface area contributed by atoms with Crippen LogP contribution in [0.3, 0.4) is 0 Å². The quantitative estimate of drug-likeness (QED) is 0.621. The standard InChI is InChI=1S/C23H33ClN2O4/c1-14(15-8-10-26(11-9-15)22(28)30-23(2,3)4)25-19-13-17(21(27)29-5)12-18(20(19)24)16-6-7-16/h12-16,25H,6-11H2,1-5H3/t14-/m0/s1. The summed E-state index contributed by atoms with van der Waals surface area (Å²) < 4.78 is 10.4. The summed E-state index contributed by atoms with van der Waals surface area (Å²) in [4.78, 5) is 26.2. The summed E-state index contributed by atoms with van der Waals surface area (Å²) in [7, 11) is 1.39. The Morgan fingerprint density at radius 3 is 2.33 bits per heavy atom. The van der Waals surface area contributed by atoms with E-state index in [0.29, 0.717) is 35.5 Å². The Morgan fingerprint density at radius 1 is 1.17 bits per heavy atom. The van der Waals surface area contributed by atoms with E-state index in [2.05, 4.69) is 12.2 Å². The lowest BCUT2D eigenvalue weighted by Crippen LogP contribution is -2.44. The molecule has 0 aromatic heterocycles. The SMILES string of the molecule is COC(=O)c1cc(N[C@@H](C)C2CCN(C(=O)OC(C)(C)C)CC2)c(Cl)c(C2CC2)c1. The molecule has 0 bridgehead atoms. The second kappa shape index (κ2) is 9.04. The molecule has 30 heavy (non-hydrogen) atoms. The molecule has 1 atom stereocenters. The molecule has 1 aromatic rings. The van der Waals surface area contributed by atoms with Gasteiger partial charge in [-0.25, -0.2) is 9.59 Å². The average molecular weight is 437 g/mol. The normalized spacial score (nSPS) is 18.7. The number of anilines is 1. The zero-order valence-electron chi connectivity index (χ0n) is 18.6. The smallest absolute Gasteiger partial charge is 0.410 e. The molecule has 1 amide bonds. The van der Waals surface area contributed by atoms with E-state index in [0.717, 1.165) is 36.9 Å². The van der Waals surface area contributed by atoms with E-state index in [-0.39, 0.29) is 18.1 Å². The van der Waals surface area contributed by atoms with Crippen molar-refractivity contribution < 1.29 is 19.1 Å². The van der Waals surface area contributed by atoms with Gasteiger partial charge in [0, 0.05) is 19.1 Å². The molecule has 1 saturated heterocycles. The first-order chi connectivity index (χ1) is 14.1. The summed E-state index contributed by atoms with van der Waals surface area (Å²) >= 11 is 6.69. The molecule has 0 radical (unpaired) electrons. The Hall–Kier alpha value is -1.95. The van der Waals surface area contributed by atoms with Gasteiger partial charge in [0.2, 0.25) is 0 Å². The van der Waals surface area contributed by atoms with Gasteiger partial charge in [0.15, 0.2) is 0 Å². The maximum absolute atomic E-state index is 12.3. The topological polar surface area (TPSA) is 67.9 Å². The van der Waals surface area contributed by atoms with E-state index in [1.165, 1.54) is 7.11 Å². The Labute approximate surface area is 184 Å². The number of nitrogens with one attached hydrogen (secondary N) is 1. The van der Waals surface area contributed by atoms with Crippen molar-refractivity contribution in [2.75, 3.05) is 25.5 Å². The highest BCUT2D eigenvalue weighted by Gasteiger charge is 2.31. The van der Waals surface area contributed by atoms with Gasteiger partial charge in [0.1, 0.15) is 5.60 Å². The van der Waals surface area contributed by atoms with Crippen LogP contribution in [0.5, 0.6) is 0 Å². The first-order valence-electron chi connectivity index (χ1n) is 10.7. The van der Waals surface area contributed by atoms with Crippen LogP contribution in [0, 0.1) is 5.92 Å². The number of piperidine rings is 1. The monoisotopic (exact) mass is 436 g/mol. The number of hydrogen-bond acceptors (Lipinski definition) is 5. The van der Waals surface area contributed by atoms with Gasteiger partial charge in [-0.15, -0.1) is 0 Å². The van der Waals surface area contributed by atoms with Crippen molar-refractivity contribution in [1.82, 2.24) is 4.90 Å². The van der Waals surface area contributed by atoms with E-state index >= 15 is 0 Å². The van der Waals surface area contributed by atoms with Gasteiger partial charge in [0.25, 0.3) is 0 Å². The minimum Gasteiger partial charge on any atom is -0.465 e. The fourth-order valence-electron chi connectivity index (χ4n) is 3.95. The van der Waals surface area contributed by atoms with Crippen LogP contribution in [0.15, 0.2) is 12.1 Å². The summed E-state index contributed by atoms with van der Waals surface area (Å²) in [6, 6.07) is 3.80. The molecule has 1 aliphatic heterocycles. The highest BCUT2D eigenvalue weighted by molar-refractivity contribution is 6.34. The third-order valence-corrected chi connectivity index (χ3v) is 6.24. The summed E-state index contributed by atoms with van der Waals surface area (Å²) in [5.41, 5.74) is 1.85. The predicted molar refractivity (Wildman–Crippen MR) is 118 cm³/mol. The van der Waals surface area contributed by atoms with Crippen LogP contribution in [0.4, 0.5) is 10.5 Å². The fourth-order valence-corrected chi connectivity index (χ4v) is 4.27. The molecule has 166 valence electrons. The third kappa shape index (κ3) is 5.60. The van der Waals surface area contributed by atoms with Crippen LogP contribution in [-0.2, 0) is 9.47 Å². The highest BCUT2D eigenvalue weighted by Crippen LogP contribution is 2.46. The Bertz CT molecular complexity index is 793. The van der Waals surface area contributed by atoms with Crippen molar-refractivity contribution in [2.24, 2.45) is 5.92 Å². The molecule has 1 aromatic carbocycles. The van der Waals surface area contributed by atoms with Crippen LogP contribution in [0.2, 0.25) is 5.02 Å². The van der Waals surface area contributed by atoms with E-state index in [4.69, 9.17) is 21.1 Å². The molecule has 1 saturated carbocycles. The van der Waals surface area contributed by atoms with Gasteiger partial charge in [-0.3, -0.25) is 0 Å². The number of likely N-dealkylation sites (tertiary alicyclic amines) is 1. The van der Waals surface area contributed by atoms with Gasteiger partial charge in [-0.2, -0.15) is 0 Å². The molecule has 0 unspecified atom stereocenters. The van der Waals surface area contributed by atoms with E-state index in [9.17, 15) is 9.59 Å². The van der Waals surface area contributed by atoms with Gasteiger partial charge >= 0.3 is 12.1 Å². The Kier molecular flexibility index (Phi) is 6.85. The second-order valence-electron chi connectivity index (χ2n) is 9.43. The number of carbonyl (C=O) groups excluding carboxylic acids is 2. The molecule has 1 heterocycles. The van der Waals surface area contributed by atoms with Gasteiger partial charge in [0.05, 0.1) is 23.4 Å². The number of ether oxygens (including phenoxy) is 2. The van der Waals surface area contributed by atoms with E-state index < -0.39 is 5.60 Å². The molecular formula is C23H33ClN2O4. The molecule has 2 aliphatic rings. The number of nitrogens with zero attached hydrogens (tertiary/aromatic N) is 1. The largest absolute Gasteiger partial charge is 0.465 e. The van der Waals surface area contributed by atoms with E-state index in [1.54, 1.807) is 11.0 Å². The van der Waals surface area contributed by atoms with Gasteiger partial charge in [-0.1, -0.05) is 11.6 Å². The minimum absolute atomic E-state index is 0.156. The molecule has 6 nitrogen and oxygen atoms in total. The van der Waals surface area contributed by atoms with Gasteiger partial charge < -0.3 is 19.7 Å². The maximum Gasteiger partial charge on any atom is 0.410 e. The van der Waals surface area contributed by atoms with Crippen LogP contribution in [0.1, 0.15) is 75.2 Å². The molecule has 1 N–H and O–H groups in total. The predicted octanol–water partition coefficient (Wildman–Crippen LogP) is 5.45. The lowest BCUT2D eigenvalue weighted by atomic mass is 9.90. The number of hydrogen-bond donors (Lipinski definition) is 1. The number of rotatable bonds is 5. The lowest BCUT2D eigenvalue weighted by Gasteiger charge is -2.36. The lowest BCUT2D eigenvalue weighted by molar-refractivity contribution is 0.0179. The second-order valence-corrected chi connectivity index (χ2v) is 9.81. The molecule has 2 fully saturated rings. The number of carbonyl (C=O) groups is 2. The number of benzene rings is 1. The molecule has 1 aliphatic carbocycles. The van der Waals surface area contributed by atoms with Crippen molar-refractivity contribution >= 4 is 29.4 Å². The van der Waals surface area contributed by atoms with Crippen molar-refractivity contribution in [3.05, 3.63) is 28.3 Å². The zero-order chi connectivity index (χ0) is 22.1. The van der Waals surface area contributed by atoms with Crippen molar-refractivity contribution in [1.29, 1.82) is 0 Å². The average Bonchev–Trinajstić information content (AvgIpc) is 3.52.